The van der Waals surface area contributed by atoms with Crippen LogP contribution in [0.2, 0.25) is 0 Å². The molecule has 0 aliphatic heterocycles. The summed E-state index contributed by atoms with van der Waals surface area (Å²) in [5, 5.41) is 8.91. The molecule has 0 radical (unpaired) electrons. The molecule has 11 heteroatoms. The minimum atomic E-state index is -4.62. The minimum absolute atomic E-state index is 0.0127. The maximum Gasteiger partial charge on any atom is 0.472 e. The van der Waals surface area contributed by atoms with Crippen LogP contribution in [0.4, 0.5) is 0 Å². The van der Waals surface area contributed by atoms with Crippen molar-refractivity contribution in [2.75, 3.05) is 26.4 Å². The standard InChI is InChI=1S/C48H90NO9P/c1-3-5-7-9-11-13-15-17-19-20-21-22-23-24-25-27-29-31-33-35-37-39-41-55-42-45(43-56-59(53,54)57-44-46(49)48(51)52)58-47(50)40-38-36-34-32-30-28-26-18-16-14-12-10-8-6-4-2/h15,17,20-21,23-24,45-46H,3-14,16,18-19,22,25-44,49H2,1-2H3,(H,51,52)(H,53,54)/b17-15-,21-20-,24-23-. The Kier molecular flexibility index (Phi) is 42.9. The number of carboxylic acid groups (broad SMARTS) is 1. The highest BCUT2D eigenvalue weighted by atomic mass is 31.2. The molecule has 0 rings (SSSR count). The van der Waals surface area contributed by atoms with Crippen LogP contribution < -0.4 is 5.73 Å². The first kappa shape index (κ1) is 57.2. The molecule has 0 aliphatic rings. The molecule has 0 amide bonds. The van der Waals surface area contributed by atoms with Crippen LogP contribution >= 0.6 is 7.82 Å². The predicted molar refractivity (Wildman–Crippen MR) is 245 cm³/mol. The number of allylic oxidation sites excluding steroid dienone is 6. The van der Waals surface area contributed by atoms with Crippen LogP contribution in [0.5, 0.6) is 0 Å². The number of rotatable bonds is 46. The van der Waals surface area contributed by atoms with E-state index in [-0.39, 0.29) is 13.0 Å². The number of phosphoric ester groups is 1. The van der Waals surface area contributed by atoms with Gasteiger partial charge < -0.3 is 25.2 Å². The van der Waals surface area contributed by atoms with Crippen LogP contribution in [0, 0.1) is 0 Å². The highest BCUT2D eigenvalue weighted by Gasteiger charge is 2.27. The fourth-order valence-electron chi connectivity index (χ4n) is 6.67. The maximum atomic E-state index is 12.7. The van der Waals surface area contributed by atoms with Crippen molar-refractivity contribution in [1.82, 2.24) is 0 Å². The molecule has 0 aromatic heterocycles. The topological polar surface area (TPSA) is 155 Å². The third-order valence-corrected chi connectivity index (χ3v) is 11.4. The van der Waals surface area contributed by atoms with Crippen molar-refractivity contribution in [3.63, 3.8) is 0 Å². The Morgan fingerprint density at radius 3 is 1.39 bits per heavy atom. The van der Waals surface area contributed by atoms with Crippen molar-refractivity contribution in [2.24, 2.45) is 5.73 Å². The van der Waals surface area contributed by atoms with Crippen molar-refractivity contribution in [3.8, 4) is 0 Å². The lowest BCUT2D eigenvalue weighted by Gasteiger charge is -2.20. The van der Waals surface area contributed by atoms with E-state index < -0.39 is 45.1 Å². The number of phosphoric acid groups is 1. The Balaban J connectivity index is 4.18. The van der Waals surface area contributed by atoms with E-state index in [1.807, 2.05) is 0 Å². The molecule has 0 saturated heterocycles. The van der Waals surface area contributed by atoms with Crippen LogP contribution in [0.15, 0.2) is 36.5 Å². The van der Waals surface area contributed by atoms with Crippen molar-refractivity contribution in [1.29, 1.82) is 0 Å². The van der Waals surface area contributed by atoms with Crippen LogP contribution in [-0.2, 0) is 32.7 Å². The molecule has 0 saturated carbocycles. The average Bonchev–Trinajstić information content (AvgIpc) is 3.21. The molecule has 0 aromatic rings. The highest BCUT2D eigenvalue weighted by Crippen LogP contribution is 2.43. The molecule has 4 N–H and O–H groups in total. The first-order valence-corrected chi connectivity index (χ1v) is 25.5. The molecular weight excluding hydrogens is 765 g/mol. The van der Waals surface area contributed by atoms with Gasteiger partial charge in [0.1, 0.15) is 12.1 Å². The van der Waals surface area contributed by atoms with Crippen LogP contribution in [-0.4, -0.2) is 60.5 Å². The van der Waals surface area contributed by atoms with E-state index in [0.29, 0.717) is 13.0 Å². The maximum absolute atomic E-state index is 12.7. The van der Waals surface area contributed by atoms with Crippen molar-refractivity contribution >= 4 is 19.8 Å². The molecule has 0 heterocycles. The van der Waals surface area contributed by atoms with E-state index in [9.17, 15) is 19.0 Å². The normalized spacial score (nSPS) is 14.1. The zero-order valence-electron chi connectivity index (χ0n) is 37.9. The molecule has 0 fully saturated rings. The van der Waals surface area contributed by atoms with Gasteiger partial charge in [-0.15, -0.1) is 0 Å². The number of nitrogens with two attached hydrogens (primary N) is 1. The summed E-state index contributed by atoms with van der Waals surface area (Å²) in [6.45, 7) is 3.87. The van der Waals surface area contributed by atoms with Gasteiger partial charge in [0.25, 0.3) is 0 Å². The molecule has 0 aromatic carbocycles. The van der Waals surface area contributed by atoms with Gasteiger partial charge in [-0.1, -0.05) is 198 Å². The van der Waals surface area contributed by atoms with E-state index in [4.69, 9.17) is 29.4 Å². The highest BCUT2D eigenvalue weighted by molar-refractivity contribution is 7.47. The van der Waals surface area contributed by atoms with Gasteiger partial charge in [-0.25, -0.2) is 4.57 Å². The zero-order chi connectivity index (χ0) is 43.3. The molecular formula is C48H90NO9P. The Morgan fingerprint density at radius 2 is 0.932 bits per heavy atom. The van der Waals surface area contributed by atoms with Crippen molar-refractivity contribution in [3.05, 3.63) is 36.5 Å². The Hall–Kier alpha value is -1.81. The molecule has 0 aliphatic carbocycles. The first-order valence-electron chi connectivity index (χ1n) is 24.0. The second-order valence-corrected chi connectivity index (χ2v) is 17.7. The summed E-state index contributed by atoms with van der Waals surface area (Å²) in [5.41, 5.74) is 5.36. The Bertz CT molecular complexity index is 1080. The summed E-state index contributed by atoms with van der Waals surface area (Å²) >= 11 is 0. The van der Waals surface area contributed by atoms with Crippen molar-refractivity contribution in [2.45, 2.75) is 231 Å². The number of hydrogen-bond donors (Lipinski definition) is 3. The van der Waals surface area contributed by atoms with Crippen molar-refractivity contribution < 1.29 is 42.7 Å². The zero-order valence-corrected chi connectivity index (χ0v) is 38.7. The smallest absolute Gasteiger partial charge is 0.472 e. The molecule has 0 bridgehead atoms. The van der Waals surface area contributed by atoms with E-state index in [1.54, 1.807) is 0 Å². The minimum Gasteiger partial charge on any atom is -0.480 e. The van der Waals surface area contributed by atoms with Gasteiger partial charge in [0, 0.05) is 13.0 Å². The SMILES string of the molecule is CCCCCCC/C=C\C/C=C\C/C=C\CCCCCCCCCOCC(COP(=O)(O)OCC(N)C(=O)O)OC(=O)CCCCCCCCCCCCCCCCC. The molecule has 10 nitrogen and oxygen atoms in total. The summed E-state index contributed by atoms with van der Waals surface area (Å²) in [6.07, 6.45) is 50.5. The first-order chi connectivity index (χ1) is 28.7. The quantitative estimate of drug-likeness (QED) is 0.0233. The molecule has 3 unspecified atom stereocenters. The number of unbranched alkanes of at least 4 members (excludes halogenated alkanes) is 26. The number of hydrogen-bond acceptors (Lipinski definition) is 8. The second-order valence-electron chi connectivity index (χ2n) is 16.2. The van der Waals surface area contributed by atoms with E-state index in [2.05, 4.69) is 50.3 Å². The largest absolute Gasteiger partial charge is 0.480 e. The number of esters is 1. The summed E-state index contributed by atoms with van der Waals surface area (Å²) in [7, 11) is -4.62. The molecule has 59 heavy (non-hydrogen) atoms. The third kappa shape index (κ3) is 44.1. The van der Waals surface area contributed by atoms with Crippen LogP contribution in [0.3, 0.4) is 0 Å². The third-order valence-electron chi connectivity index (χ3n) is 10.4. The average molecular weight is 856 g/mol. The predicted octanol–water partition coefficient (Wildman–Crippen LogP) is 13.7. The van der Waals surface area contributed by atoms with Crippen LogP contribution in [0.1, 0.15) is 219 Å². The van der Waals surface area contributed by atoms with Gasteiger partial charge >= 0.3 is 19.8 Å². The summed E-state index contributed by atoms with van der Waals surface area (Å²) in [6, 6.07) is -1.47. The number of aliphatic carboxylic acids is 1. The Labute approximate surface area is 361 Å². The van der Waals surface area contributed by atoms with E-state index in [0.717, 1.165) is 51.4 Å². The fraction of sp³-hybridized carbons (Fsp3) is 0.833. The van der Waals surface area contributed by atoms with Gasteiger partial charge in [-0.3, -0.25) is 18.6 Å². The molecule has 346 valence electrons. The van der Waals surface area contributed by atoms with Crippen LogP contribution in [0.25, 0.3) is 0 Å². The van der Waals surface area contributed by atoms with Gasteiger partial charge in [0.15, 0.2) is 0 Å². The summed E-state index contributed by atoms with van der Waals surface area (Å²) < 4.78 is 33.4. The van der Waals surface area contributed by atoms with Gasteiger partial charge in [0.2, 0.25) is 0 Å². The number of carbonyl (C=O) groups is 2. The van der Waals surface area contributed by atoms with Gasteiger partial charge in [-0.2, -0.15) is 0 Å². The summed E-state index contributed by atoms with van der Waals surface area (Å²) in [5.74, 6) is -1.78. The fourth-order valence-corrected chi connectivity index (χ4v) is 7.45. The van der Waals surface area contributed by atoms with E-state index >= 15 is 0 Å². The lowest BCUT2D eigenvalue weighted by molar-refractivity contribution is -0.154. The lowest BCUT2D eigenvalue weighted by atomic mass is 10.0. The monoisotopic (exact) mass is 856 g/mol. The number of carboxylic acids is 1. The second kappa shape index (κ2) is 44.3. The summed E-state index contributed by atoms with van der Waals surface area (Å²) in [4.78, 5) is 33.6. The Morgan fingerprint density at radius 1 is 0.542 bits per heavy atom. The van der Waals surface area contributed by atoms with Gasteiger partial charge in [-0.05, 0) is 51.4 Å². The lowest BCUT2D eigenvalue weighted by Crippen LogP contribution is -2.34. The van der Waals surface area contributed by atoms with Gasteiger partial charge in [0.05, 0.1) is 19.8 Å². The number of carbonyl (C=O) groups excluding carboxylic acids is 1. The van der Waals surface area contributed by atoms with E-state index in [1.165, 1.54) is 141 Å². The molecule has 3 atom stereocenters. The molecule has 0 spiro atoms. The number of ether oxygens (including phenoxy) is 2.